The summed E-state index contributed by atoms with van der Waals surface area (Å²) in [4.78, 5) is 33.2. The lowest BCUT2D eigenvalue weighted by atomic mass is 10.1. The first-order chi connectivity index (χ1) is 8.81. The van der Waals surface area contributed by atoms with Crippen molar-refractivity contribution in [1.82, 2.24) is 5.32 Å². The van der Waals surface area contributed by atoms with Crippen LogP contribution in [0.5, 0.6) is 0 Å². The molecule has 0 aliphatic carbocycles. The number of hydrogen-bond acceptors (Lipinski definition) is 3. The number of carboxylic acids is 1. The number of benzene rings is 1. The Morgan fingerprint density at radius 2 is 2.05 bits per heavy atom. The molecule has 1 atom stereocenters. The Balaban J connectivity index is 2.87. The van der Waals surface area contributed by atoms with Gasteiger partial charge >= 0.3 is 5.97 Å². The zero-order valence-corrected chi connectivity index (χ0v) is 10.3. The second-order valence-electron chi connectivity index (χ2n) is 3.66. The third-order valence-corrected chi connectivity index (χ3v) is 2.50. The van der Waals surface area contributed by atoms with Gasteiger partial charge in [0.15, 0.2) is 0 Å². The average Bonchev–Trinajstić information content (AvgIpc) is 2.26. The monoisotopic (exact) mass is 288 g/mol. The molecule has 19 heavy (non-hydrogen) atoms. The molecule has 2 amide bonds. The van der Waals surface area contributed by atoms with Crippen molar-refractivity contribution in [3.05, 3.63) is 34.6 Å². The Morgan fingerprint density at radius 3 is 2.53 bits per heavy atom. The van der Waals surface area contributed by atoms with E-state index < -0.39 is 36.1 Å². The number of rotatable bonds is 5. The van der Waals surface area contributed by atoms with Crippen LogP contribution in [-0.2, 0) is 9.59 Å². The van der Waals surface area contributed by atoms with Gasteiger partial charge in [-0.1, -0.05) is 11.6 Å². The molecule has 0 aliphatic heterocycles. The zero-order valence-electron chi connectivity index (χ0n) is 9.52. The number of amides is 2. The average molecular weight is 289 g/mol. The minimum atomic E-state index is -1.47. The van der Waals surface area contributed by atoms with Crippen molar-refractivity contribution in [2.75, 3.05) is 0 Å². The van der Waals surface area contributed by atoms with Gasteiger partial charge in [-0.15, -0.1) is 0 Å². The highest BCUT2D eigenvalue weighted by molar-refractivity contribution is 6.33. The molecule has 0 fully saturated rings. The van der Waals surface area contributed by atoms with Crippen LogP contribution in [0.1, 0.15) is 16.8 Å². The van der Waals surface area contributed by atoms with Crippen LogP contribution in [0.3, 0.4) is 0 Å². The summed E-state index contributed by atoms with van der Waals surface area (Å²) >= 11 is 5.65. The summed E-state index contributed by atoms with van der Waals surface area (Å²) in [5.74, 6) is -3.75. The molecule has 0 heterocycles. The number of primary amides is 1. The molecule has 102 valence electrons. The van der Waals surface area contributed by atoms with E-state index in [9.17, 15) is 18.8 Å². The van der Waals surface area contributed by atoms with Crippen LogP contribution < -0.4 is 11.1 Å². The SMILES string of the molecule is NC(=O)C[C@H](NC(=O)c1ccc(F)cc1Cl)C(=O)O. The summed E-state index contributed by atoms with van der Waals surface area (Å²) in [5, 5.41) is 10.7. The zero-order chi connectivity index (χ0) is 14.6. The lowest BCUT2D eigenvalue weighted by Gasteiger charge is -2.13. The summed E-state index contributed by atoms with van der Waals surface area (Å²) in [7, 11) is 0. The highest BCUT2D eigenvalue weighted by atomic mass is 35.5. The van der Waals surface area contributed by atoms with Crippen molar-refractivity contribution in [2.45, 2.75) is 12.5 Å². The Labute approximate surface area is 112 Å². The molecule has 0 saturated heterocycles. The number of carbonyl (C=O) groups excluding carboxylic acids is 2. The van der Waals surface area contributed by atoms with Crippen molar-refractivity contribution in [3.8, 4) is 0 Å². The number of nitrogens with one attached hydrogen (secondary N) is 1. The van der Waals surface area contributed by atoms with Crippen LogP contribution in [0.25, 0.3) is 0 Å². The highest BCUT2D eigenvalue weighted by Gasteiger charge is 2.23. The molecule has 0 aromatic heterocycles. The van der Waals surface area contributed by atoms with Crippen molar-refractivity contribution in [2.24, 2.45) is 5.73 Å². The van der Waals surface area contributed by atoms with E-state index in [2.05, 4.69) is 5.32 Å². The summed E-state index contributed by atoms with van der Waals surface area (Å²) < 4.78 is 12.8. The number of halogens is 2. The van der Waals surface area contributed by atoms with Crippen LogP contribution in [0.15, 0.2) is 18.2 Å². The number of aliphatic carboxylic acids is 1. The third kappa shape index (κ3) is 4.22. The molecule has 1 aromatic rings. The van der Waals surface area contributed by atoms with Gasteiger partial charge in [0.1, 0.15) is 11.9 Å². The van der Waals surface area contributed by atoms with Crippen LogP contribution >= 0.6 is 11.6 Å². The largest absolute Gasteiger partial charge is 0.480 e. The van der Waals surface area contributed by atoms with Gasteiger partial charge in [0.2, 0.25) is 5.91 Å². The molecule has 0 aliphatic rings. The van der Waals surface area contributed by atoms with E-state index in [0.29, 0.717) is 0 Å². The number of nitrogens with two attached hydrogens (primary N) is 1. The van der Waals surface area contributed by atoms with Crippen molar-refractivity contribution >= 4 is 29.4 Å². The minimum absolute atomic E-state index is 0.0983. The molecule has 0 bridgehead atoms. The molecule has 6 nitrogen and oxygen atoms in total. The number of carbonyl (C=O) groups is 3. The van der Waals surface area contributed by atoms with Crippen LogP contribution in [-0.4, -0.2) is 28.9 Å². The standard InChI is InChI=1S/C11H10ClFN2O4/c12-7-3-5(13)1-2-6(7)10(17)15-8(11(18)19)4-9(14)16/h1-3,8H,4H2,(H2,14,16)(H,15,17)(H,18,19)/t8-/m0/s1. The van der Waals surface area contributed by atoms with Crippen molar-refractivity contribution < 1.29 is 23.9 Å². The van der Waals surface area contributed by atoms with Gasteiger partial charge in [-0.2, -0.15) is 0 Å². The quantitative estimate of drug-likeness (QED) is 0.734. The van der Waals surface area contributed by atoms with Crippen LogP contribution in [0.2, 0.25) is 5.02 Å². The maximum Gasteiger partial charge on any atom is 0.326 e. The molecule has 1 aromatic carbocycles. The summed E-state index contributed by atoms with van der Waals surface area (Å²) in [6, 6.07) is 1.56. The van der Waals surface area contributed by atoms with Crippen LogP contribution in [0, 0.1) is 5.82 Å². The molecule has 0 radical (unpaired) electrons. The maximum atomic E-state index is 12.8. The second kappa shape index (κ2) is 6.14. The lowest BCUT2D eigenvalue weighted by molar-refractivity contribution is -0.140. The molecular formula is C11H10ClFN2O4. The lowest BCUT2D eigenvalue weighted by Crippen LogP contribution is -2.43. The maximum absolute atomic E-state index is 12.8. The van der Waals surface area contributed by atoms with Crippen molar-refractivity contribution in [3.63, 3.8) is 0 Å². The first kappa shape index (κ1) is 14.9. The first-order valence-electron chi connectivity index (χ1n) is 5.08. The number of hydrogen-bond donors (Lipinski definition) is 3. The molecule has 0 spiro atoms. The van der Waals surface area contributed by atoms with E-state index in [1.807, 2.05) is 0 Å². The third-order valence-electron chi connectivity index (χ3n) is 2.18. The fourth-order valence-electron chi connectivity index (χ4n) is 1.31. The van der Waals surface area contributed by atoms with E-state index in [0.717, 1.165) is 18.2 Å². The van der Waals surface area contributed by atoms with Gasteiger partial charge < -0.3 is 16.2 Å². The Bertz CT molecular complexity index is 535. The first-order valence-corrected chi connectivity index (χ1v) is 5.46. The fraction of sp³-hybridized carbons (Fsp3) is 0.182. The van der Waals surface area contributed by atoms with E-state index in [1.165, 1.54) is 0 Å². The normalized spacial score (nSPS) is 11.7. The summed E-state index contributed by atoms with van der Waals surface area (Å²) in [6.07, 6.45) is -0.556. The Kier molecular flexibility index (Phi) is 4.82. The Morgan fingerprint density at radius 1 is 1.42 bits per heavy atom. The summed E-state index contributed by atoms with van der Waals surface area (Å²) in [5.41, 5.74) is 4.77. The van der Waals surface area contributed by atoms with E-state index in [1.54, 1.807) is 0 Å². The van der Waals surface area contributed by atoms with E-state index >= 15 is 0 Å². The minimum Gasteiger partial charge on any atom is -0.480 e. The molecule has 8 heteroatoms. The van der Waals surface area contributed by atoms with Gasteiger partial charge in [0.25, 0.3) is 5.91 Å². The van der Waals surface area contributed by atoms with Gasteiger partial charge in [0.05, 0.1) is 17.0 Å². The summed E-state index contributed by atoms with van der Waals surface area (Å²) in [6.45, 7) is 0. The Hall–Kier alpha value is -2.15. The molecule has 0 unspecified atom stereocenters. The molecule has 1 rings (SSSR count). The van der Waals surface area contributed by atoms with Gasteiger partial charge in [0, 0.05) is 0 Å². The van der Waals surface area contributed by atoms with E-state index in [-0.39, 0.29) is 10.6 Å². The van der Waals surface area contributed by atoms with Gasteiger partial charge in [-0.05, 0) is 18.2 Å². The van der Waals surface area contributed by atoms with Gasteiger partial charge in [-0.25, -0.2) is 9.18 Å². The highest BCUT2D eigenvalue weighted by Crippen LogP contribution is 2.17. The number of carboxylic acid groups (broad SMARTS) is 1. The van der Waals surface area contributed by atoms with Crippen molar-refractivity contribution in [1.29, 1.82) is 0 Å². The van der Waals surface area contributed by atoms with Gasteiger partial charge in [-0.3, -0.25) is 9.59 Å². The molecule has 0 saturated carbocycles. The van der Waals surface area contributed by atoms with Crippen LogP contribution in [0.4, 0.5) is 4.39 Å². The second-order valence-corrected chi connectivity index (χ2v) is 4.07. The molecular weight excluding hydrogens is 279 g/mol. The molecule has 4 N–H and O–H groups in total. The van der Waals surface area contributed by atoms with E-state index in [4.69, 9.17) is 22.4 Å². The predicted molar refractivity (Wildman–Crippen MR) is 64.1 cm³/mol. The predicted octanol–water partition coefficient (Wildman–Crippen LogP) is 0.537. The fourth-order valence-corrected chi connectivity index (χ4v) is 1.56. The smallest absolute Gasteiger partial charge is 0.326 e. The topological polar surface area (TPSA) is 109 Å².